The molecule has 0 radical (unpaired) electrons. The lowest BCUT2D eigenvalue weighted by molar-refractivity contribution is 0.155. The zero-order valence-corrected chi connectivity index (χ0v) is 19.7. The Hall–Kier alpha value is -1.18. The summed E-state index contributed by atoms with van der Waals surface area (Å²) in [5, 5.41) is 3.95. The topological polar surface area (TPSA) is 52.6 Å². The average Bonchev–Trinajstić information content (AvgIpc) is 2.93. The van der Waals surface area contributed by atoms with Crippen LogP contribution in [0.3, 0.4) is 0 Å². The molecule has 1 N–H and O–H groups in total. The van der Waals surface area contributed by atoms with Crippen molar-refractivity contribution in [2.45, 2.75) is 66.1 Å². The number of sulfone groups is 1. The van der Waals surface area contributed by atoms with E-state index in [1.165, 1.54) is 11.1 Å². The van der Waals surface area contributed by atoms with Crippen LogP contribution in [0, 0.1) is 13.8 Å². The molecule has 1 saturated heterocycles. The van der Waals surface area contributed by atoms with Crippen LogP contribution in [-0.2, 0) is 9.84 Å². The quantitative estimate of drug-likeness (QED) is 0.674. The van der Waals surface area contributed by atoms with E-state index in [0.717, 1.165) is 12.2 Å². The first-order valence-corrected chi connectivity index (χ1v) is 12.3. The fourth-order valence-electron chi connectivity index (χ4n) is 3.82. The third-order valence-corrected chi connectivity index (χ3v) is 7.68. The molecule has 0 bridgehead atoms. The molecule has 1 aliphatic heterocycles. The van der Waals surface area contributed by atoms with Gasteiger partial charge in [-0.2, -0.15) is 0 Å². The number of nitrogens with zero attached hydrogens (tertiary/aromatic N) is 2. The van der Waals surface area contributed by atoms with Crippen molar-refractivity contribution in [1.82, 2.24) is 9.80 Å². The van der Waals surface area contributed by atoms with Crippen molar-refractivity contribution < 1.29 is 8.42 Å². The zero-order valence-electron chi connectivity index (χ0n) is 18.0. The van der Waals surface area contributed by atoms with Gasteiger partial charge in [0.05, 0.1) is 11.5 Å². The van der Waals surface area contributed by atoms with Gasteiger partial charge < -0.3 is 10.2 Å². The molecule has 0 saturated carbocycles. The summed E-state index contributed by atoms with van der Waals surface area (Å²) in [6.45, 7) is 14.5. The van der Waals surface area contributed by atoms with Crippen LogP contribution in [0.1, 0.15) is 45.2 Å². The minimum Gasteiger partial charge on any atom is -0.344 e. The molecule has 7 heteroatoms. The molecule has 0 unspecified atom stereocenters. The third kappa shape index (κ3) is 6.16. The fraction of sp³-hybridized carbons (Fsp3) is 0.667. The van der Waals surface area contributed by atoms with Crippen LogP contribution >= 0.6 is 12.2 Å². The summed E-state index contributed by atoms with van der Waals surface area (Å²) in [7, 11) is -2.97. The molecule has 0 amide bonds. The average molecular weight is 426 g/mol. The lowest BCUT2D eigenvalue weighted by Crippen LogP contribution is -2.49. The first kappa shape index (κ1) is 23.1. The molecule has 158 valence electrons. The highest BCUT2D eigenvalue weighted by Crippen LogP contribution is 2.21. The van der Waals surface area contributed by atoms with E-state index in [1.807, 2.05) is 6.07 Å². The maximum atomic E-state index is 12.1. The maximum absolute atomic E-state index is 12.1. The van der Waals surface area contributed by atoms with Gasteiger partial charge in [-0.25, -0.2) is 8.42 Å². The molecule has 1 heterocycles. The van der Waals surface area contributed by atoms with Crippen molar-refractivity contribution in [2.24, 2.45) is 0 Å². The van der Waals surface area contributed by atoms with Crippen molar-refractivity contribution in [3.05, 3.63) is 29.3 Å². The van der Waals surface area contributed by atoms with Gasteiger partial charge >= 0.3 is 0 Å². The van der Waals surface area contributed by atoms with Crippen LogP contribution in [-0.4, -0.2) is 66.1 Å². The van der Waals surface area contributed by atoms with E-state index in [9.17, 15) is 8.42 Å². The highest BCUT2D eigenvalue weighted by atomic mass is 32.2. The predicted octanol–water partition coefficient (Wildman–Crippen LogP) is 3.61. The standard InChI is InChI=1S/C21H35N3O2S2/c1-15(2)23(16(3)4)10-11-24(20-9-12-28(25,26)14-20)21(27)22-19-8-7-17(5)18(6)13-19/h7-8,13,15-16,20H,9-12,14H2,1-6H3,(H,22,27)/t20-/m1/s1. The van der Waals surface area contributed by atoms with E-state index in [-0.39, 0.29) is 17.5 Å². The summed E-state index contributed by atoms with van der Waals surface area (Å²) in [5.74, 6) is 0.434. The Bertz CT molecular complexity index is 783. The summed E-state index contributed by atoms with van der Waals surface area (Å²) >= 11 is 5.73. The van der Waals surface area contributed by atoms with Gasteiger partial charge in [0.25, 0.3) is 0 Å². The number of aryl methyl sites for hydroxylation is 2. The van der Waals surface area contributed by atoms with E-state index >= 15 is 0 Å². The minimum absolute atomic E-state index is 0.0577. The van der Waals surface area contributed by atoms with E-state index in [4.69, 9.17) is 12.2 Å². The van der Waals surface area contributed by atoms with Gasteiger partial charge in [-0.15, -0.1) is 0 Å². The first-order chi connectivity index (χ1) is 13.0. The summed E-state index contributed by atoms with van der Waals surface area (Å²) in [4.78, 5) is 4.50. The Morgan fingerprint density at radius 1 is 1.14 bits per heavy atom. The Kier molecular flexibility index (Phi) is 7.88. The van der Waals surface area contributed by atoms with Crippen LogP contribution in [0.25, 0.3) is 0 Å². The van der Waals surface area contributed by atoms with Crippen LogP contribution in [0.4, 0.5) is 5.69 Å². The van der Waals surface area contributed by atoms with Crippen LogP contribution in [0.2, 0.25) is 0 Å². The number of benzene rings is 1. The number of hydrogen-bond acceptors (Lipinski definition) is 4. The van der Waals surface area contributed by atoms with E-state index in [2.05, 4.69) is 68.8 Å². The van der Waals surface area contributed by atoms with Crippen molar-refractivity contribution in [3.63, 3.8) is 0 Å². The van der Waals surface area contributed by atoms with Crippen molar-refractivity contribution in [3.8, 4) is 0 Å². The number of rotatable bonds is 7. The van der Waals surface area contributed by atoms with Crippen molar-refractivity contribution >= 4 is 32.9 Å². The molecule has 5 nitrogen and oxygen atoms in total. The zero-order chi connectivity index (χ0) is 21.1. The maximum Gasteiger partial charge on any atom is 0.173 e. The molecule has 1 aromatic carbocycles. The smallest absolute Gasteiger partial charge is 0.173 e. The van der Waals surface area contributed by atoms with Crippen molar-refractivity contribution in [1.29, 1.82) is 0 Å². The third-order valence-electron chi connectivity index (χ3n) is 5.59. The molecule has 1 aromatic rings. The normalized spacial score (nSPS) is 18.8. The summed E-state index contributed by atoms with van der Waals surface area (Å²) in [6.07, 6.45) is 0.639. The van der Waals surface area contributed by atoms with E-state index in [1.54, 1.807) is 0 Å². The SMILES string of the molecule is Cc1ccc(NC(=S)N(CCN(C(C)C)C(C)C)[C@@H]2CCS(=O)(=O)C2)cc1C. The second-order valence-corrected chi connectivity index (χ2v) is 11.0. The Balaban J connectivity index is 2.17. The van der Waals surface area contributed by atoms with E-state index < -0.39 is 9.84 Å². The Morgan fingerprint density at radius 2 is 1.79 bits per heavy atom. The molecule has 1 aliphatic rings. The van der Waals surface area contributed by atoms with Crippen LogP contribution < -0.4 is 5.32 Å². The van der Waals surface area contributed by atoms with Crippen molar-refractivity contribution in [2.75, 3.05) is 29.9 Å². The number of thiocarbonyl (C=S) groups is 1. The molecule has 2 rings (SSSR count). The first-order valence-electron chi connectivity index (χ1n) is 10.1. The molecule has 0 spiro atoms. The monoisotopic (exact) mass is 425 g/mol. The molecule has 28 heavy (non-hydrogen) atoms. The highest BCUT2D eigenvalue weighted by Gasteiger charge is 2.33. The molecular weight excluding hydrogens is 390 g/mol. The molecular formula is C21H35N3O2S2. The summed E-state index contributed by atoms with van der Waals surface area (Å²) < 4.78 is 24.1. The van der Waals surface area contributed by atoms with Gasteiger partial charge in [0.1, 0.15) is 0 Å². The van der Waals surface area contributed by atoms with Gasteiger partial charge in [-0.05, 0) is 83.4 Å². The Labute approximate surface area is 176 Å². The Morgan fingerprint density at radius 3 is 2.29 bits per heavy atom. The number of nitrogens with one attached hydrogen (secondary N) is 1. The molecule has 0 aromatic heterocycles. The molecule has 1 fully saturated rings. The van der Waals surface area contributed by atoms with Crippen LogP contribution in [0.5, 0.6) is 0 Å². The largest absolute Gasteiger partial charge is 0.344 e. The second-order valence-electron chi connectivity index (χ2n) is 8.40. The van der Waals surface area contributed by atoms with E-state index in [0.29, 0.717) is 30.2 Å². The lowest BCUT2D eigenvalue weighted by Gasteiger charge is -2.36. The highest BCUT2D eigenvalue weighted by molar-refractivity contribution is 7.91. The summed E-state index contributed by atoms with van der Waals surface area (Å²) in [6, 6.07) is 6.97. The van der Waals surface area contributed by atoms with Gasteiger partial charge in [0.15, 0.2) is 14.9 Å². The van der Waals surface area contributed by atoms with Gasteiger partial charge in [-0.1, -0.05) is 6.07 Å². The predicted molar refractivity (Wildman–Crippen MR) is 123 cm³/mol. The fourth-order valence-corrected chi connectivity index (χ4v) is 5.91. The van der Waals surface area contributed by atoms with Gasteiger partial charge in [0, 0.05) is 36.9 Å². The summed E-state index contributed by atoms with van der Waals surface area (Å²) in [5.41, 5.74) is 3.39. The number of hydrogen-bond donors (Lipinski definition) is 1. The number of anilines is 1. The second kappa shape index (κ2) is 9.55. The molecule has 0 aliphatic carbocycles. The van der Waals surface area contributed by atoms with Gasteiger partial charge in [0.2, 0.25) is 0 Å². The van der Waals surface area contributed by atoms with Crippen LogP contribution in [0.15, 0.2) is 18.2 Å². The van der Waals surface area contributed by atoms with Gasteiger partial charge in [-0.3, -0.25) is 4.90 Å². The lowest BCUT2D eigenvalue weighted by atomic mass is 10.1. The molecule has 1 atom stereocenters. The minimum atomic E-state index is -2.97.